The molecule has 0 radical (unpaired) electrons. The summed E-state index contributed by atoms with van der Waals surface area (Å²) in [5.74, 6) is 1.27. The van der Waals surface area contributed by atoms with Gasteiger partial charge >= 0.3 is 0 Å². The Kier molecular flexibility index (Phi) is 4.57. The molecule has 118 valence electrons. The van der Waals surface area contributed by atoms with Crippen LogP contribution < -0.4 is 14.8 Å². The predicted octanol–water partition coefficient (Wildman–Crippen LogP) is 3.87. The van der Waals surface area contributed by atoms with Gasteiger partial charge in [-0.1, -0.05) is 30.0 Å². The standard InChI is InChI=1S/C18H17NO3S/c1-21-15-8-7-12(10-16(15)22-2)9-13-11-23-17-6-4-3-5-14(17)19-18(13)20/h3-8,10-11H,9H2,1-2H3,(H,19,20). The van der Waals surface area contributed by atoms with Gasteiger partial charge in [-0.15, -0.1) is 0 Å². The largest absolute Gasteiger partial charge is 0.493 e. The Morgan fingerprint density at radius 1 is 1.04 bits per heavy atom. The van der Waals surface area contributed by atoms with Crippen LogP contribution in [0.15, 0.2) is 58.3 Å². The second-order valence-corrected chi connectivity index (χ2v) is 5.99. The van der Waals surface area contributed by atoms with Crippen LogP contribution in [0.1, 0.15) is 5.56 Å². The molecule has 3 rings (SSSR count). The average molecular weight is 327 g/mol. The van der Waals surface area contributed by atoms with E-state index in [9.17, 15) is 4.79 Å². The van der Waals surface area contributed by atoms with Gasteiger partial charge in [0.05, 0.1) is 19.9 Å². The van der Waals surface area contributed by atoms with Crippen molar-refractivity contribution < 1.29 is 14.3 Å². The highest BCUT2D eigenvalue weighted by atomic mass is 32.2. The molecular weight excluding hydrogens is 310 g/mol. The van der Waals surface area contributed by atoms with Crippen LogP contribution in [0, 0.1) is 0 Å². The lowest BCUT2D eigenvalue weighted by Crippen LogP contribution is -2.15. The summed E-state index contributed by atoms with van der Waals surface area (Å²) in [6.07, 6.45) is 0.535. The number of thioether (sulfide) groups is 1. The van der Waals surface area contributed by atoms with Gasteiger partial charge in [0.2, 0.25) is 0 Å². The molecule has 5 heteroatoms. The number of fused-ring (bicyclic) bond motifs is 1. The number of rotatable bonds is 4. The third kappa shape index (κ3) is 3.35. The number of hydrogen-bond acceptors (Lipinski definition) is 4. The van der Waals surface area contributed by atoms with Crippen LogP contribution in [0.3, 0.4) is 0 Å². The van der Waals surface area contributed by atoms with Gasteiger partial charge in [-0.05, 0) is 35.2 Å². The van der Waals surface area contributed by atoms with Crippen molar-refractivity contribution in [2.75, 3.05) is 19.5 Å². The van der Waals surface area contributed by atoms with Gasteiger partial charge in [-0.2, -0.15) is 0 Å². The summed E-state index contributed by atoms with van der Waals surface area (Å²) in [4.78, 5) is 13.5. The van der Waals surface area contributed by atoms with E-state index >= 15 is 0 Å². The van der Waals surface area contributed by atoms with E-state index in [-0.39, 0.29) is 5.91 Å². The van der Waals surface area contributed by atoms with E-state index in [0.29, 0.717) is 17.9 Å². The van der Waals surface area contributed by atoms with E-state index in [2.05, 4.69) is 5.32 Å². The smallest absolute Gasteiger partial charge is 0.252 e. The zero-order chi connectivity index (χ0) is 16.2. The van der Waals surface area contributed by atoms with Crippen molar-refractivity contribution >= 4 is 23.4 Å². The Hall–Kier alpha value is -2.40. The molecule has 0 spiro atoms. The molecule has 0 bridgehead atoms. The molecule has 2 aromatic rings. The molecule has 1 heterocycles. The number of carbonyl (C=O) groups is 1. The van der Waals surface area contributed by atoms with Gasteiger partial charge in [0.15, 0.2) is 11.5 Å². The minimum Gasteiger partial charge on any atom is -0.493 e. The summed E-state index contributed by atoms with van der Waals surface area (Å²) in [5, 5.41) is 4.87. The Balaban J connectivity index is 1.83. The molecule has 4 nitrogen and oxygen atoms in total. The second-order valence-electron chi connectivity index (χ2n) is 5.08. The fourth-order valence-electron chi connectivity index (χ4n) is 2.40. The number of para-hydroxylation sites is 1. The first kappa shape index (κ1) is 15.5. The molecule has 0 saturated carbocycles. The quantitative estimate of drug-likeness (QED) is 0.926. The molecule has 0 saturated heterocycles. The van der Waals surface area contributed by atoms with E-state index in [1.54, 1.807) is 26.0 Å². The van der Waals surface area contributed by atoms with Crippen molar-refractivity contribution in [3.8, 4) is 11.5 Å². The van der Waals surface area contributed by atoms with Gasteiger partial charge < -0.3 is 14.8 Å². The van der Waals surface area contributed by atoms with Crippen LogP contribution in [-0.4, -0.2) is 20.1 Å². The Labute approximate surface area is 139 Å². The number of anilines is 1. The van der Waals surface area contributed by atoms with Gasteiger partial charge in [-0.3, -0.25) is 4.79 Å². The number of benzene rings is 2. The zero-order valence-corrected chi connectivity index (χ0v) is 13.8. The van der Waals surface area contributed by atoms with Crippen LogP contribution in [0.2, 0.25) is 0 Å². The van der Waals surface area contributed by atoms with Crippen molar-refractivity contribution in [1.82, 2.24) is 0 Å². The summed E-state index contributed by atoms with van der Waals surface area (Å²) in [6.45, 7) is 0. The number of nitrogens with one attached hydrogen (secondary N) is 1. The summed E-state index contributed by atoms with van der Waals surface area (Å²) in [5.41, 5.74) is 2.56. The summed E-state index contributed by atoms with van der Waals surface area (Å²) < 4.78 is 10.6. The number of amides is 1. The Morgan fingerprint density at radius 3 is 2.61 bits per heavy atom. The van der Waals surface area contributed by atoms with E-state index in [0.717, 1.165) is 21.7 Å². The lowest BCUT2D eigenvalue weighted by Gasteiger charge is -2.11. The van der Waals surface area contributed by atoms with Crippen LogP contribution in [-0.2, 0) is 11.2 Å². The molecule has 1 N–H and O–H groups in total. The van der Waals surface area contributed by atoms with E-state index in [4.69, 9.17) is 9.47 Å². The topological polar surface area (TPSA) is 47.6 Å². The molecule has 0 unspecified atom stereocenters. The van der Waals surface area contributed by atoms with Gasteiger partial charge in [-0.25, -0.2) is 0 Å². The SMILES string of the molecule is COc1ccc(CC2=CSc3ccccc3NC2=O)cc1OC. The molecule has 0 aromatic heterocycles. The molecule has 0 aliphatic carbocycles. The molecule has 1 amide bonds. The maximum Gasteiger partial charge on any atom is 0.252 e. The Bertz CT molecular complexity index is 771. The molecule has 1 aliphatic rings. The monoisotopic (exact) mass is 327 g/mol. The molecule has 23 heavy (non-hydrogen) atoms. The van der Waals surface area contributed by atoms with Crippen LogP contribution >= 0.6 is 11.8 Å². The summed E-state index contributed by atoms with van der Waals surface area (Å²) >= 11 is 1.56. The Morgan fingerprint density at radius 2 is 1.83 bits per heavy atom. The maximum absolute atomic E-state index is 12.4. The lowest BCUT2D eigenvalue weighted by molar-refractivity contribution is -0.112. The number of carbonyl (C=O) groups excluding carboxylic acids is 1. The van der Waals surface area contributed by atoms with Crippen LogP contribution in [0.25, 0.3) is 0 Å². The number of ether oxygens (including phenoxy) is 2. The molecule has 2 aromatic carbocycles. The highest BCUT2D eigenvalue weighted by Gasteiger charge is 2.17. The zero-order valence-electron chi connectivity index (χ0n) is 13.0. The highest BCUT2D eigenvalue weighted by molar-refractivity contribution is 8.02. The first-order valence-corrected chi connectivity index (χ1v) is 8.06. The number of methoxy groups -OCH3 is 2. The third-order valence-electron chi connectivity index (χ3n) is 3.60. The maximum atomic E-state index is 12.4. The first-order chi connectivity index (χ1) is 11.2. The van der Waals surface area contributed by atoms with Crippen LogP contribution in [0.5, 0.6) is 11.5 Å². The third-order valence-corrected chi connectivity index (χ3v) is 4.61. The predicted molar refractivity (Wildman–Crippen MR) is 92.3 cm³/mol. The number of hydrogen-bond donors (Lipinski definition) is 1. The minimum atomic E-state index is -0.0720. The summed E-state index contributed by atoms with van der Waals surface area (Å²) in [6, 6.07) is 13.5. The van der Waals surface area contributed by atoms with Gasteiger partial charge in [0, 0.05) is 16.9 Å². The molecule has 0 atom stereocenters. The normalized spacial score (nSPS) is 13.5. The van der Waals surface area contributed by atoms with Crippen molar-refractivity contribution in [1.29, 1.82) is 0 Å². The van der Waals surface area contributed by atoms with Gasteiger partial charge in [0.1, 0.15) is 0 Å². The van der Waals surface area contributed by atoms with E-state index in [1.165, 1.54) is 0 Å². The average Bonchev–Trinajstić information content (AvgIpc) is 2.74. The van der Waals surface area contributed by atoms with E-state index in [1.807, 2.05) is 47.9 Å². The molecular formula is C18H17NO3S. The lowest BCUT2D eigenvalue weighted by atomic mass is 10.1. The molecule has 0 fully saturated rings. The summed E-state index contributed by atoms with van der Waals surface area (Å²) in [7, 11) is 3.21. The first-order valence-electron chi connectivity index (χ1n) is 7.18. The van der Waals surface area contributed by atoms with Crippen molar-refractivity contribution in [3.05, 3.63) is 59.0 Å². The second kappa shape index (κ2) is 6.79. The van der Waals surface area contributed by atoms with Crippen molar-refractivity contribution in [3.63, 3.8) is 0 Å². The van der Waals surface area contributed by atoms with E-state index < -0.39 is 0 Å². The van der Waals surface area contributed by atoms with Gasteiger partial charge in [0.25, 0.3) is 5.91 Å². The fourth-order valence-corrected chi connectivity index (χ4v) is 3.26. The fraction of sp³-hybridized carbons (Fsp3) is 0.167. The highest BCUT2D eigenvalue weighted by Crippen LogP contribution is 2.33. The van der Waals surface area contributed by atoms with Crippen molar-refractivity contribution in [2.24, 2.45) is 0 Å². The van der Waals surface area contributed by atoms with Crippen molar-refractivity contribution in [2.45, 2.75) is 11.3 Å². The molecule has 1 aliphatic heterocycles. The minimum absolute atomic E-state index is 0.0720. The van der Waals surface area contributed by atoms with Crippen LogP contribution in [0.4, 0.5) is 5.69 Å².